The molecule has 1 heterocycles. The number of rotatable bonds is 3. The van der Waals surface area contributed by atoms with Crippen LogP contribution in [0.1, 0.15) is 128 Å². The molecular weight excluding hydrogens is 496 g/mol. The molecule has 2 aliphatic carbocycles. The number of benzene rings is 1. The van der Waals surface area contributed by atoms with E-state index in [1.165, 1.54) is 27.9 Å². The number of pyridine rings is 1. The molecular formula is C30H44N2OZr. The van der Waals surface area contributed by atoms with Gasteiger partial charge in [0.05, 0.1) is 17.4 Å². The second-order valence-electron chi connectivity index (χ2n) is 13.8. The summed E-state index contributed by atoms with van der Waals surface area (Å²) in [5.74, 6) is 0. The van der Waals surface area contributed by atoms with Crippen LogP contribution >= 0.6 is 0 Å². The maximum atomic E-state index is 10.9. The normalized spacial score (nSPS) is 20.0. The van der Waals surface area contributed by atoms with Crippen LogP contribution in [0.3, 0.4) is 0 Å². The van der Waals surface area contributed by atoms with E-state index < -0.39 is 6.10 Å². The SMILES string of the molecule is CC(Nc1c(C(C)(C)C)cc(C(C)(C)C)cc1C(C)(C)C)c1ccc2c(n1)C(O)C1(CC1)C2.[Zr]. The summed E-state index contributed by atoms with van der Waals surface area (Å²) < 4.78 is 0. The molecule has 1 spiro atoms. The molecule has 2 N–H and O–H groups in total. The molecule has 4 rings (SSSR count). The molecule has 2 aromatic rings. The van der Waals surface area contributed by atoms with Crippen molar-refractivity contribution in [2.45, 2.75) is 117 Å². The summed E-state index contributed by atoms with van der Waals surface area (Å²) in [5.41, 5.74) is 8.64. The molecule has 1 saturated carbocycles. The summed E-state index contributed by atoms with van der Waals surface area (Å²) in [6, 6.07) is 9.20. The van der Waals surface area contributed by atoms with E-state index in [-0.39, 0.29) is 53.9 Å². The minimum absolute atomic E-state index is 0. The molecule has 4 heteroatoms. The molecule has 0 aliphatic heterocycles. The number of aliphatic hydroxyl groups is 1. The summed E-state index contributed by atoms with van der Waals surface area (Å²) >= 11 is 0. The number of nitrogens with one attached hydrogen (secondary N) is 1. The first-order valence-electron chi connectivity index (χ1n) is 12.7. The Kier molecular flexibility index (Phi) is 7.18. The monoisotopic (exact) mass is 538 g/mol. The van der Waals surface area contributed by atoms with E-state index in [9.17, 15) is 5.11 Å². The van der Waals surface area contributed by atoms with Crippen molar-refractivity contribution >= 4 is 5.69 Å². The second-order valence-corrected chi connectivity index (χ2v) is 13.8. The van der Waals surface area contributed by atoms with Crippen molar-refractivity contribution in [3.8, 4) is 0 Å². The van der Waals surface area contributed by atoms with E-state index in [1.807, 2.05) is 0 Å². The van der Waals surface area contributed by atoms with Crippen molar-refractivity contribution in [2.75, 3.05) is 5.32 Å². The van der Waals surface area contributed by atoms with Crippen molar-refractivity contribution in [3.63, 3.8) is 0 Å². The van der Waals surface area contributed by atoms with Gasteiger partial charge in [-0.15, -0.1) is 0 Å². The van der Waals surface area contributed by atoms with Gasteiger partial charge in [-0.2, -0.15) is 0 Å². The minimum atomic E-state index is -0.402. The van der Waals surface area contributed by atoms with E-state index in [2.05, 4.69) is 98.8 Å². The summed E-state index contributed by atoms with van der Waals surface area (Å²) in [6.45, 7) is 22.9. The first-order chi connectivity index (χ1) is 15.0. The zero-order valence-corrected chi connectivity index (χ0v) is 25.4. The molecule has 2 unspecified atom stereocenters. The van der Waals surface area contributed by atoms with Gasteiger partial charge in [-0.05, 0) is 70.8 Å². The first-order valence-corrected chi connectivity index (χ1v) is 12.7. The van der Waals surface area contributed by atoms with E-state index in [0.29, 0.717) is 0 Å². The topological polar surface area (TPSA) is 45.2 Å². The van der Waals surface area contributed by atoms with Gasteiger partial charge in [0.15, 0.2) is 0 Å². The summed E-state index contributed by atoms with van der Waals surface area (Å²) in [5, 5.41) is 14.8. The van der Waals surface area contributed by atoms with Gasteiger partial charge in [0.2, 0.25) is 0 Å². The fourth-order valence-corrected chi connectivity index (χ4v) is 5.23. The average molecular weight is 540 g/mol. The van der Waals surface area contributed by atoms with Gasteiger partial charge in [0.1, 0.15) is 6.10 Å². The standard InChI is InChI=1S/C30H44N2O.Zr/c1-18(23-12-11-19-17-30(13-14-30)26(33)24(19)32-23)31-25-21(28(5,6)7)15-20(27(2,3)4)16-22(25)29(8,9)10;/h11-12,15-16,18,26,31,33H,13-14,17H2,1-10H3;. The summed E-state index contributed by atoms with van der Waals surface area (Å²) in [4.78, 5) is 4.99. The molecule has 1 aromatic carbocycles. The van der Waals surface area contributed by atoms with Crippen molar-refractivity contribution < 1.29 is 31.3 Å². The quantitative estimate of drug-likeness (QED) is 0.424. The Morgan fingerprint density at radius 3 is 1.88 bits per heavy atom. The van der Waals surface area contributed by atoms with Gasteiger partial charge in [0.25, 0.3) is 0 Å². The molecule has 3 nitrogen and oxygen atoms in total. The van der Waals surface area contributed by atoms with Gasteiger partial charge >= 0.3 is 0 Å². The molecule has 1 fully saturated rings. The van der Waals surface area contributed by atoms with Crippen molar-refractivity contribution in [2.24, 2.45) is 5.41 Å². The number of nitrogens with zero attached hydrogens (tertiary/aromatic N) is 1. The summed E-state index contributed by atoms with van der Waals surface area (Å²) in [6.07, 6.45) is 2.82. The Bertz CT molecular complexity index is 1030. The molecule has 184 valence electrons. The van der Waals surface area contributed by atoms with Crippen molar-refractivity contribution in [1.29, 1.82) is 0 Å². The fraction of sp³-hybridized carbons (Fsp3) is 0.633. The third-order valence-electron chi connectivity index (χ3n) is 7.73. The van der Waals surface area contributed by atoms with Crippen LogP contribution < -0.4 is 5.32 Å². The molecule has 2 aliphatic rings. The van der Waals surface area contributed by atoms with Gasteiger partial charge < -0.3 is 10.4 Å². The predicted molar refractivity (Wildman–Crippen MR) is 139 cm³/mol. The number of anilines is 1. The minimum Gasteiger partial charge on any atom is -0.386 e. The van der Waals surface area contributed by atoms with Crippen LogP contribution in [0, 0.1) is 5.41 Å². The number of aromatic nitrogens is 1. The van der Waals surface area contributed by atoms with Crippen LogP contribution in [0.25, 0.3) is 0 Å². The Labute approximate surface area is 226 Å². The molecule has 1 aromatic heterocycles. The van der Waals surface area contributed by atoms with Gasteiger partial charge in [0, 0.05) is 37.3 Å². The molecule has 0 bridgehead atoms. The maximum absolute atomic E-state index is 10.9. The second kappa shape index (κ2) is 8.84. The van der Waals surface area contributed by atoms with Crippen LogP contribution in [-0.2, 0) is 48.9 Å². The van der Waals surface area contributed by atoms with E-state index >= 15 is 0 Å². The largest absolute Gasteiger partial charge is 0.386 e. The van der Waals surface area contributed by atoms with E-state index in [4.69, 9.17) is 4.98 Å². The third kappa shape index (κ3) is 5.10. The maximum Gasteiger partial charge on any atom is 0.102 e. The van der Waals surface area contributed by atoms with Crippen LogP contribution in [0.5, 0.6) is 0 Å². The van der Waals surface area contributed by atoms with Gasteiger partial charge in [-0.1, -0.05) is 80.5 Å². The zero-order chi connectivity index (χ0) is 24.6. The number of fused-ring (bicyclic) bond motifs is 1. The molecule has 2 atom stereocenters. The van der Waals surface area contributed by atoms with E-state index in [1.54, 1.807) is 0 Å². The van der Waals surface area contributed by atoms with Crippen LogP contribution in [0.4, 0.5) is 5.69 Å². The third-order valence-corrected chi connectivity index (χ3v) is 7.73. The first kappa shape index (κ1) is 27.6. The molecule has 0 saturated heterocycles. The summed E-state index contributed by atoms with van der Waals surface area (Å²) in [7, 11) is 0. The number of hydrogen-bond acceptors (Lipinski definition) is 3. The van der Waals surface area contributed by atoms with Gasteiger partial charge in [-0.3, -0.25) is 4.98 Å². The Balaban J connectivity index is 0.00000324. The Morgan fingerprint density at radius 1 is 0.912 bits per heavy atom. The number of aliphatic hydroxyl groups excluding tert-OH is 1. The average Bonchev–Trinajstić information content (AvgIpc) is 3.39. The van der Waals surface area contributed by atoms with Crippen LogP contribution in [0.15, 0.2) is 24.3 Å². The van der Waals surface area contributed by atoms with Crippen molar-refractivity contribution in [1.82, 2.24) is 4.98 Å². The van der Waals surface area contributed by atoms with Crippen LogP contribution in [0.2, 0.25) is 0 Å². The Hall–Kier alpha value is -0.987. The Morgan fingerprint density at radius 2 is 1.44 bits per heavy atom. The van der Waals surface area contributed by atoms with Gasteiger partial charge in [-0.25, -0.2) is 0 Å². The molecule has 34 heavy (non-hydrogen) atoms. The smallest absolute Gasteiger partial charge is 0.102 e. The van der Waals surface area contributed by atoms with E-state index in [0.717, 1.165) is 30.7 Å². The van der Waals surface area contributed by atoms with Crippen molar-refractivity contribution in [3.05, 3.63) is 57.9 Å². The van der Waals surface area contributed by atoms with Crippen LogP contribution in [-0.4, -0.2) is 10.1 Å². The fourth-order valence-electron chi connectivity index (χ4n) is 5.23. The predicted octanol–water partition coefficient (Wildman–Crippen LogP) is 7.51. The molecule has 0 radical (unpaired) electrons. The number of hydrogen-bond donors (Lipinski definition) is 2. The zero-order valence-electron chi connectivity index (χ0n) is 23.0. The molecule has 0 amide bonds.